The van der Waals surface area contributed by atoms with Gasteiger partial charge in [0.05, 0.1) is 22.8 Å². The van der Waals surface area contributed by atoms with E-state index in [2.05, 4.69) is 25.3 Å². The average Bonchev–Trinajstić information content (AvgIpc) is 3.62. The van der Waals surface area contributed by atoms with Crippen molar-refractivity contribution in [2.24, 2.45) is 0 Å². The molecule has 258 valence electrons. The molecular formula is C30H30F8N8O2. The molecule has 4 saturated heterocycles. The molecule has 3 aromatic heterocycles. The molecule has 3 N–H and O–H groups in total. The predicted octanol–water partition coefficient (Wildman–Crippen LogP) is 4.72. The maximum Gasteiger partial charge on any atom is 0.427 e. The zero-order valence-electron chi connectivity index (χ0n) is 25.4. The van der Waals surface area contributed by atoms with Gasteiger partial charge in [-0.1, -0.05) is 0 Å². The number of halogens is 8. The van der Waals surface area contributed by atoms with Crippen molar-refractivity contribution < 1.29 is 44.6 Å². The molecule has 0 radical (unpaired) electrons. The van der Waals surface area contributed by atoms with Gasteiger partial charge in [-0.3, -0.25) is 4.90 Å². The minimum absolute atomic E-state index is 0.0466. The maximum absolute atomic E-state index is 16.7. The molecule has 0 amide bonds. The van der Waals surface area contributed by atoms with Gasteiger partial charge >= 0.3 is 18.4 Å². The van der Waals surface area contributed by atoms with Gasteiger partial charge in [0.25, 0.3) is 0 Å². The third kappa shape index (κ3) is 4.88. The summed E-state index contributed by atoms with van der Waals surface area (Å²) in [5, 5.41) is 2.86. The van der Waals surface area contributed by atoms with Gasteiger partial charge in [-0.15, -0.1) is 0 Å². The summed E-state index contributed by atoms with van der Waals surface area (Å²) < 4.78 is 130. The smallest absolute Gasteiger partial charge is 0.427 e. The van der Waals surface area contributed by atoms with Crippen LogP contribution in [0.5, 0.6) is 11.9 Å². The number of nitrogens with zero attached hydrogens (tertiary/aromatic N) is 6. The molecule has 18 heteroatoms. The Hall–Kier alpha value is -3.80. The van der Waals surface area contributed by atoms with Crippen molar-refractivity contribution in [3.8, 4) is 23.1 Å². The van der Waals surface area contributed by atoms with Crippen LogP contribution in [-0.2, 0) is 6.18 Å². The highest BCUT2D eigenvalue weighted by Crippen LogP contribution is 2.48. The number of fused-ring (bicyclic) bond motifs is 6. The van der Waals surface area contributed by atoms with Crippen molar-refractivity contribution in [2.45, 2.75) is 87.3 Å². The molecule has 0 spiro atoms. The van der Waals surface area contributed by atoms with E-state index in [-0.39, 0.29) is 43.4 Å². The van der Waals surface area contributed by atoms with Crippen LogP contribution in [0.4, 0.5) is 46.8 Å². The third-order valence-electron chi connectivity index (χ3n) is 10.3. The number of piperazine rings is 1. The molecule has 5 aliphatic rings. The lowest BCUT2D eigenvalue weighted by atomic mass is 9.95. The van der Waals surface area contributed by atoms with Crippen LogP contribution in [0.25, 0.3) is 22.2 Å². The van der Waals surface area contributed by atoms with E-state index in [0.29, 0.717) is 25.8 Å². The number of anilines is 2. The molecule has 48 heavy (non-hydrogen) atoms. The highest BCUT2D eigenvalue weighted by Gasteiger charge is 2.58. The van der Waals surface area contributed by atoms with Gasteiger partial charge in [-0.2, -0.15) is 36.3 Å². The number of rotatable bonds is 4. The zero-order chi connectivity index (χ0) is 33.9. The van der Waals surface area contributed by atoms with Gasteiger partial charge in [0.15, 0.2) is 5.82 Å². The van der Waals surface area contributed by atoms with Crippen molar-refractivity contribution in [2.75, 3.05) is 36.9 Å². The second-order valence-corrected chi connectivity index (χ2v) is 13.3. The second kappa shape index (κ2) is 10.6. The van der Waals surface area contributed by atoms with E-state index >= 15 is 4.39 Å². The van der Waals surface area contributed by atoms with Crippen molar-refractivity contribution in [1.29, 1.82) is 0 Å². The van der Waals surface area contributed by atoms with E-state index in [9.17, 15) is 30.7 Å². The Morgan fingerprint density at radius 1 is 1.10 bits per heavy atom. The van der Waals surface area contributed by atoms with Gasteiger partial charge in [0.2, 0.25) is 12.0 Å². The fraction of sp³-hybridized carbons (Fsp3) is 0.600. The molecule has 10 nitrogen and oxygen atoms in total. The summed E-state index contributed by atoms with van der Waals surface area (Å²) in [5.41, 5.74) is 0.675. The first-order valence-electron chi connectivity index (χ1n) is 15.7. The van der Waals surface area contributed by atoms with Crippen molar-refractivity contribution >= 4 is 22.5 Å². The predicted molar refractivity (Wildman–Crippen MR) is 155 cm³/mol. The van der Waals surface area contributed by atoms with Crippen LogP contribution in [0.15, 0.2) is 6.07 Å². The summed E-state index contributed by atoms with van der Waals surface area (Å²) in [4.78, 5) is 19.7. The monoisotopic (exact) mass is 686 g/mol. The van der Waals surface area contributed by atoms with Crippen LogP contribution < -0.4 is 25.4 Å². The molecule has 2 bridgehead atoms. The number of ether oxygens (including phenoxy) is 2. The van der Waals surface area contributed by atoms with Crippen LogP contribution in [0.2, 0.25) is 0 Å². The van der Waals surface area contributed by atoms with Gasteiger partial charge in [-0.05, 0) is 45.2 Å². The Balaban J connectivity index is 1.35. The number of hydrogen-bond donors (Lipinski definition) is 2. The molecule has 0 saturated carbocycles. The van der Waals surface area contributed by atoms with Crippen molar-refractivity contribution in [3.63, 3.8) is 0 Å². The topological polar surface area (TPSA) is 115 Å². The van der Waals surface area contributed by atoms with E-state index in [4.69, 9.17) is 15.2 Å². The summed E-state index contributed by atoms with van der Waals surface area (Å²) in [6, 6.07) is -1.96. The molecule has 8 heterocycles. The van der Waals surface area contributed by atoms with Crippen LogP contribution in [0, 0.1) is 12.7 Å². The minimum atomic E-state index is -5.06. The molecule has 6 atom stereocenters. The summed E-state index contributed by atoms with van der Waals surface area (Å²) in [7, 11) is 0. The SMILES string of the molecule is Cc1nc(N)cc(-c2nc3c4c(nc(OC[C@@]56CCCN5C[C@H](F)C6)nc4c2F)N2C[C@H]4CC[C@H](N4)[C@H]2[C@@H](C(F)(F)F)O3)c1C(F)(F)F. The first-order chi connectivity index (χ1) is 22.6. The first kappa shape index (κ1) is 31.5. The fourth-order valence-corrected chi connectivity index (χ4v) is 8.42. The van der Waals surface area contributed by atoms with Crippen molar-refractivity contribution in [1.82, 2.24) is 30.2 Å². The van der Waals surface area contributed by atoms with Gasteiger partial charge in [0.1, 0.15) is 41.0 Å². The van der Waals surface area contributed by atoms with E-state index < -0.39 is 93.8 Å². The van der Waals surface area contributed by atoms with Crippen LogP contribution >= 0.6 is 0 Å². The van der Waals surface area contributed by atoms with Gasteiger partial charge in [0, 0.05) is 37.2 Å². The first-order valence-corrected chi connectivity index (χ1v) is 15.7. The molecule has 3 aromatic rings. The van der Waals surface area contributed by atoms with E-state index in [1.807, 2.05) is 4.90 Å². The Labute approximate surface area is 268 Å². The van der Waals surface area contributed by atoms with Crippen LogP contribution in [-0.4, -0.2) is 93.2 Å². The molecule has 5 aliphatic heterocycles. The van der Waals surface area contributed by atoms with Gasteiger partial charge < -0.3 is 25.4 Å². The normalized spacial score (nSPS) is 29.9. The zero-order valence-corrected chi connectivity index (χ0v) is 25.4. The maximum atomic E-state index is 16.7. The molecule has 0 unspecified atom stereocenters. The molecule has 8 rings (SSSR count). The van der Waals surface area contributed by atoms with Crippen LogP contribution in [0.1, 0.15) is 43.4 Å². The fourth-order valence-electron chi connectivity index (χ4n) is 8.42. The Bertz CT molecular complexity index is 1810. The number of alkyl halides is 7. The summed E-state index contributed by atoms with van der Waals surface area (Å²) >= 11 is 0. The standard InChI is InChI=1S/C30H30F8N8O2/c1-12-19(29(33,34)35)15(7-17(39)40-12)21-20(32)22-18-25(44-27(43-22)47-11-28-5-2-6-45(28)9-13(31)8-28)46-10-14-3-4-16(41-14)23(46)24(30(36,37)38)48-26(18)42-21/h7,13-14,16,23-24,41H,2-6,8-11H2,1H3,(H2,39,40)/t13-,14-,16+,23+,24+,28+/m1/s1. The van der Waals surface area contributed by atoms with E-state index in [1.54, 1.807) is 0 Å². The highest BCUT2D eigenvalue weighted by atomic mass is 19.4. The Morgan fingerprint density at radius 2 is 1.90 bits per heavy atom. The lowest BCUT2D eigenvalue weighted by molar-refractivity contribution is -0.203. The molecular weight excluding hydrogens is 656 g/mol. The number of nitrogens with one attached hydrogen (secondary N) is 1. The number of hydrogen-bond acceptors (Lipinski definition) is 10. The summed E-state index contributed by atoms with van der Waals surface area (Å²) in [5.74, 6) is -2.69. The molecule has 0 aromatic carbocycles. The lowest BCUT2D eigenvalue weighted by Crippen LogP contribution is -2.66. The average molecular weight is 687 g/mol. The van der Waals surface area contributed by atoms with E-state index in [1.165, 1.54) is 4.90 Å². The van der Waals surface area contributed by atoms with E-state index in [0.717, 1.165) is 19.4 Å². The number of nitrogens with two attached hydrogens (primary N) is 1. The number of aryl methyl sites for hydroxylation is 1. The molecule has 0 aliphatic carbocycles. The van der Waals surface area contributed by atoms with Crippen molar-refractivity contribution in [3.05, 3.63) is 23.1 Å². The lowest BCUT2D eigenvalue weighted by Gasteiger charge is -2.43. The number of pyridine rings is 2. The number of aromatic nitrogens is 4. The summed E-state index contributed by atoms with van der Waals surface area (Å²) in [6.07, 6.45) is -11.1. The quantitative estimate of drug-likeness (QED) is 0.374. The highest BCUT2D eigenvalue weighted by molar-refractivity contribution is 5.97. The van der Waals surface area contributed by atoms with Gasteiger partial charge in [-0.25, -0.2) is 18.7 Å². The minimum Gasteiger partial charge on any atom is -0.462 e. The Kier molecular flexibility index (Phi) is 6.95. The summed E-state index contributed by atoms with van der Waals surface area (Å²) in [6.45, 7) is 1.86. The molecule has 4 fully saturated rings. The Morgan fingerprint density at radius 3 is 2.65 bits per heavy atom. The second-order valence-electron chi connectivity index (χ2n) is 13.3. The van der Waals surface area contributed by atoms with Crippen LogP contribution in [0.3, 0.4) is 0 Å². The number of nitrogen functional groups attached to an aromatic ring is 1. The largest absolute Gasteiger partial charge is 0.462 e. The third-order valence-corrected chi connectivity index (χ3v) is 10.3.